The number of imidazole rings is 2. The molecule has 0 radical (unpaired) electrons. The van der Waals surface area contributed by atoms with Crippen molar-refractivity contribution in [2.24, 2.45) is 7.05 Å². The highest BCUT2D eigenvalue weighted by Gasteiger charge is 2.18. The molecule has 2 heterocycles. The van der Waals surface area contributed by atoms with Crippen LogP contribution in [-0.4, -0.2) is 19.1 Å². The monoisotopic (exact) mass is 453 g/mol. The van der Waals surface area contributed by atoms with Gasteiger partial charge in [0.2, 0.25) is 0 Å². The lowest BCUT2D eigenvalue weighted by Crippen LogP contribution is -2.03. The van der Waals surface area contributed by atoms with E-state index in [2.05, 4.69) is 39.5 Å². The number of para-hydroxylation sites is 2. The summed E-state index contributed by atoms with van der Waals surface area (Å²) in [5.74, 6) is 1.79. The van der Waals surface area contributed by atoms with Gasteiger partial charge in [0.1, 0.15) is 17.7 Å². The number of aromatic nitrogens is 4. The Labute approximate surface area is 203 Å². The average Bonchev–Trinajstić information content (AvgIpc) is 3.40. The van der Waals surface area contributed by atoms with Crippen LogP contribution in [0.3, 0.4) is 0 Å². The molecule has 2 aromatic heterocycles. The molecule has 5 nitrogen and oxygen atoms in total. The lowest BCUT2D eigenvalue weighted by Gasteiger charge is -2.15. The summed E-state index contributed by atoms with van der Waals surface area (Å²) >= 11 is 0. The molecule has 4 aromatic carbocycles. The third kappa shape index (κ3) is 3.23. The molecule has 0 spiro atoms. The van der Waals surface area contributed by atoms with Gasteiger partial charge in [-0.25, -0.2) is 9.97 Å². The van der Waals surface area contributed by atoms with Gasteiger partial charge in [-0.15, -0.1) is 0 Å². The second kappa shape index (κ2) is 7.96. The fraction of sp³-hybridized carbons (Fsp3) is 0.100. The number of aryl methyl sites for hydroxylation is 2. The Morgan fingerprint density at radius 3 is 2.26 bits per heavy atom. The second-order valence-electron chi connectivity index (χ2n) is 8.79. The number of nitriles is 1. The highest BCUT2D eigenvalue weighted by atomic mass is 15.1. The molecule has 0 saturated carbocycles. The molecule has 0 bridgehead atoms. The van der Waals surface area contributed by atoms with E-state index in [-0.39, 0.29) is 0 Å². The molecule has 5 heteroatoms. The van der Waals surface area contributed by atoms with Crippen LogP contribution < -0.4 is 0 Å². The van der Waals surface area contributed by atoms with Gasteiger partial charge in [-0.3, -0.25) is 4.57 Å². The van der Waals surface area contributed by atoms with Crippen molar-refractivity contribution >= 4 is 22.1 Å². The molecule has 6 rings (SSSR count). The first kappa shape index (κ1) is 20.9. The van der Waals surface area contributed by atoms with Crippen molar-refractivity contribution in [2.45, 2.75) is 13.8 Å². The molecule has 6 aromatic rings. The highest BCUT2D eigenvalue weighted by Crippen LogP contribution is 2.33. The van der Waals surface area contributed by atoms with Crippen molar-refractivity contribution < 1.29 is 0 Å². The number of nitrogens with zero attached hydrogens (tertiary/aromatic N) is 5. The Kier molecular flexibility index (Phi) is 4.75. The Morgan fingerprint density at radius 1 is 0.743 bits per heavy atom. The molecule has 0 unspecified atom stereocenters. The van der Waals surface area contributed by atoms with Gasteiger partial charge in [0.25, 0.3) is 0 Å². The van der Waals surface area contributed by atoms with Gasteiger partial charge in [-0.1, -0.05) is 48.5 Å². The third-order valence-corrected chi connectivity index (χ3v) is 6.74. The molecule has 0 aliphatic rings. The van der Waals surface area contributed by atoms with Crippen molar-refractivity contribution in [2.75, 3.05) is 0 Å². The summed E-state index contributed by atoms with van der Waals surface area (Å²) in [4.78, 5) is 9.70. The smallest absolute Gasteiger partial charge is 0.140 e. The summed E-state index contributed by atoms with van der Waals surface area (Å²) in [6, 6.07) is 31.1. The fourth-order valence-corrected chi connectivity index (χ4v) is 4.99. The van der Waals surface area contributed by atoms with Gasteiger partial charge >= 0.3 is 0 Å². The zero-order valence-corrected chi connectivity index (χ0v) is 19.8. The maximum absolute atomic E-state index is 10.1. The maximum atomic E-state index is 10.1. The van der Waals surface area contributed by atoms with Gasteiger partial charge < -0.3 is 4.57 Å². The maximum Gasteiger partial charge on any atom is 0.140 e. The molecule has 0 aliphatic carbocycles. The van der Waals surface area contributed by atoms with Gasteiger partial charge in [-0.05, 0) is 66.9 Å². The standard InChI is InChI=1S/C30H23N5/c1-19-24(18-31)23(21-9-5-4-6-10-21)14-16-27(19)35-20(2)32-26-15-13-22(17-29(26)35)30-33-25-11-7-8-12-28(25)34(30)3/h4-17H,1-3H3. The topological polar surface area (TPSA) is 59.4 Å². The third-order valence-electron chi connectivity index (χ3n) is 6.74. The summed E-state index contributed by atoms with van der Waals surface area (Å²) in [7, 11) is 2.04. The first-order valence-corrected chi connectivity index (χ1v) is 11.6. The van der Waals surface area contributed by atoms with Crippen LogP contribution in [0.1, 0.15) is 17.0 Å². The molecule has 0 aliphatic heterocycles. The first-order valence-electron chi connectivity index (χ1n) is 11.6. The molecular weight excluding hydrogens is 430 g/mol. The molecule has 0 saturated heterocycles. The van der Waals surface area contributed by atoms with Crippen molar-refractivity contribution in [1.82, 2.24) is 19.1 Å². The van der Waals surface area contributed by atoms with Crippen LogP contribution in [-0.2, 0) is 7.05 Å². The summed E-state index contributed by atoms with van der Waals surface area (Å²) in [6.45, 7) is 4.02. The fourth-order valence-electron chi connectivity index (χ4n) is 4.99. The van der Waals surface area contributed by atoms with E-state index < -0.39 is 0 Å². The number of rotatable bonds is 3. The molecule has 0 amide bonds. The van der Waals surface area contributed by atoms with Gasteiger partial charge in [-0.2, -0.15) is 5.26 Å². The predicted molar refractivity (Wildman–Crippen MR) is 140 cm³/mol. The zero-order valence-electron chi connectivity index (χ0n) is 19.8. The first-order chi connectivity index (χ1) is 17.1. The molecule has 0 atom stereocenters. The number of hydrogen-bond acceptors (Lipinski definition) is 3. The van der Waals surface area contributed by atoms with Crippen LogP contribution in [0.25, 0.3) is 50.3 Å². The van der Waals surface area contributed by atoms with E-state index in [0.29, 0.717) is 5.56 Å². The van der Waals surface area contributed by atoms with E-state index in [1.165, 1.54) is 0 Å². The van der Waals surface area contributed by atoms with Crippen LogP contribution >= 0.6 is 0 Å². The Balaban J connectivity index is 1.56. The number of hydrogen-bond donors (Lipinski definition) is 0. The van der Waals surface area contributed by atoms with Crippen LogP contribution in [0.5, 0.6) is 0 Å². The Morgan fingerprint density at radius 2 is 1.49 bits per heavy atom. The van der Waals surface area contributed by atoms with E-state index in [4.69, 9.17) is 9.97 Å². The molecule has 0 fully saturated rings. The summed E-state index contributed by atoms with van der Waals surface area (Å²) in [5.41, 5.74) is 9.55. The van der Waals surface area contributed by atoms with Gasteiger partial charge in [0.05, 0.1) is 33.3 Å². The normalized spacial score (nSPS) is 11.3. The van der Waals surface area contributed by atoms with Gasteiger partial charge in [0, 0.05) is 12.6 Å². The second-order valence-corrected chi connectivity index (χ2v) is 8.79. The van der Waals surface area contributed by atoms with Crippen LogP contribution in [0.15, 0.2) is 84.9 Å². The van der Waals surface area contributed by atoms with Crippen molar-refractivity contribution in [3.8, 4) is 34.3 Å². The van der Waals surface area contributed by atoms with E-state index in [0.717, 1.165) is 61.7 Å². The van der Waals surface area contributed by atoms with Crippen molar-refractivity contribution in [3.05, 3.63) is 102 Å². The summed E-state index contributed by atoms with van der Waals surface area (Å²) < 4.78 is 4.27. The van der Waals surface area contributed by atoms with Crippen LogP contribution in [0.4, 0.5) is 0 Å². The lowest BCUT2D eigenvalue weighted by molar-refractivity contribution is 0.959. The van der Waals surface area contributed by atoms with E-state index >= 15 is 0 Å². The Bertz CT molecular complexity index is 1780. The van der Waals surface area contributed by atoms with E-state index in [9.17, 15) is 5.26 Å². The van der Waals surface area contributed by atoms with E-state index in [1.54, 1.807) is 0 Å². The minimum absolute atomic E-state index is 0.682. The predicted octanol–water partition coefficient (Wildman–Crippen LogP) is 6.73. The number of fused-ring (bicyclic) bond motifs is 2. The Hall–Kier alpha value is -4.69. The average molecular weight is 454 g/mol. The summed E-state index contributed by atoms with van der Waals surface area (Å²) in [5, 5.41) is 10.1. The minimum Gasteiger partial charge on any atom is -0.327 e. The van der Waals surface area contributed by atoms with Gasteiger partial charge in [0.15, 0.2) is 0 Å². The quantitative estimate of drug-likeness (QED) is 0.298. The highest BCUT2D eigenvalue weighted by molar-refractivity contribution is 5.87. The van der Waals surface area contributed by atoms with Crippen LogP contribution in [0, 0.1) is 25.2 Å². The minimum atomic E-state index is 0.682. The largest absolute Gasteiger partial charge is 0.327 e. The van der Waals surface area contributed by atoms with Crippen LogP contribution in [0.2, 0.25) is 0 Å². The van der Waals surface area contributed by atoms with E-state index in [1.807, 2.05) is 81.6 Å². The molecule has 168 valence electrons. The SMILES string of the molecule is Cc1c(-n2c(C)nc3ccc(-c4nc5ccccc5n4C)cc32)ccc(-c2ccccc2)c1C#N. The van der Waals surface area contributed by atoms with Crippen molar-refractivity contribution in [3.63, 3.8) is 0 Å². The zero-order chi connectivity index (χ0) is 24.1. The number of benzene rings is 4. The molecule has 35 heavy (non-hydrogen) atoms. The van der Waals surface area contributed by atoms with Crippen molar-refractivity contribution in [1.29, 1.82) is 5.26 Å². The molecule has 0 N–H and O–H groups in total. The molecular formula is C30H23N5. The summed E-state index contributed by atoms with van der Waals surface area (Å²) in [6.07, 6.45) is 0. The lowest BCUT2D eigenvalue weighted by atomic mass is 9.95.